The quantitative estimate of drug-likeness (QED) is 0.604. The fraction of sp³-hybridized carbons (Fsp3) is 0.200. The van der Waals surface area contributed by atoms with Crippen LogP contribution < -0.4 is 0 Å². The maximum atomic E-state index is 13.1. The fourth-order valence-electron chi connectivity index (χ4n) is 2.65. The molecule has 0 saturated carbocycles. The van der Waals surface area contributed by atoms with Gasteiger partial charge < -0.3 is 9.30 Å². The molecule has 1 aromatic heterocycles. The highest BCUT2D eigenvalue weighted by atomic mass is 35.5. The van der Waals surface area contributed by atoms with Crippen LogP contribution >= 0.6 is 11.6 Å². The highest BCUT2D eigenvalue weighted by Gasteiger charge is 2.14. The smallest absolute Gasteiger partial charge is 0.311 e. The van der Waals surface area contributed by atoms with Gasteiger partial charge in [-0.05, 0) is 48.9 Å². The lowest BCUT2D eigenvalue weighted by Gasteiger charge is -2.08. The zero-order valence-corrected chi connectivity index (χ0v) is 15.0. The lowest BCUT2D eigenvalue weighted by atomic mass is 10.1. The van der Waals surface area contributed by atoms with E-state index in [1.807, 2.05) is 22.9 Å². The van der Waals surface area contributed by atoms with Crippen molar-refractivity contribution >= 4 is 17.6 Å². The van der Waals surface area contributed by atoms with Crippen molar-refractivity contribution in [1.82, 2.24) is 9.55 Å². The second kappa shape index (κ2) is 8.15. The van der Waals surface area contributed by atoms with Crippen molar-refractivity contribution in [2.24, 2.45) is 0 Å². The molecule has 2 aromatic carbocycles. The molecule has 0 bridgehead atoms. The monoisotopic (exact) mass is 372 g/mol. The average molecular weight is 373 g/mol. The van der Waals surface area contributed by atoms with Crippen molar-refractivity contribution in [3.05, 3.63) is 82.6 Å². The highest BCUT2D eigenvalue weighted by molar-refractivity contribution is 6.30. The van der Waals surface area contributed by atoms with Crippen LogP contribution in [0.4, 0.5) is 4.39 Å². The average Bonchev–Trinajstić information content (AvgIpc) is 3.00. The molecule has 0 aliphatic rings. The lowest BCUT2D eigenvalue weighted by molar-refractivity contribution is -0.142. The van der Waals surface area contributed by atoms with Gasteiger partial charge in [0, 0.05) is 23.3 Å². The number of hydrogen-bond donors (Lipinski definition) is 0. The summed E-state index contributed by atoms with van der Waals surface area (Å²) in [5.74, 6) is 0.151. The van der Waals surface area contributed by atoms with Crippen LogP contribution in [0.1, 0.15) is 24.0 Å². The molecule has 0 unspecified atom stereocenters. The second-order valence-corrected chi connectivity index (χ2v) is 6.22. The molecule has 0 radical (unpaired) electrons. The first-order valence-electron chi connectivity index (χ1n) is 8.28. The summed E-state index contributed by atoms with van der Waals surface area (Å²) in [4.78, 5) is 16.4. The summed E-state index contributed by atoms with van der Waals surface area (Å²) in [5, 5.41) is 0.640. The molecule has 134 valence electrons. The van der Waals surface area contributed by atoms with Crippen LogP contribution in [0.5, 0.6) is 0 Å². The van der Waals surface area contributed by atoms with E-state index in [9.17, 15) is 9.18 Å². The van der Waals surface area contributed by atoms with E-state index in [2.05, 4.69) is 4.98 Å². The Labute approximate surface area is 156 Å². The van der Waals surface area contributed by atoms with E-state index in [0.717, 1.165) is 17.1 Å². The van der Waals surface area contributed by atoms with Crippen molar-refractivity contribution in [3.8, 4) is 5.69 Å². The molecule has 0 aliphatic heterocycles. The van der Waals surface area contributed by atoms with E-state index < -0.39 is 0 Å². The van der Waals surface area contributed by atoms with Crippen molar-refractivity contribution in [2.75, 3.05) is 6.61 Å². The van der Waals surface area contributed by atoms with Crippen LogP contribution in [0, 0.1) is 5.82 Å². The first kappa shape index (κ1) is 18.1. The second-order valence-electron chi connectivity index (χ2n) is 5.78. The highest BCUT2D eigenvalue weighted by Crippen LogP contribution is 2.19. The van der Waals surface area contributed by atoms with Crippen LogP contribution in [-0.2, 0) is 22.4 Å². The van der Waals surface area contributed by atoms with Gasteiger partial charge in [0.15, 0.2) is 0 Å². The van der Waals surface area contributed by atoms with Crippen LogP contribution in [0.3, 0.4) is 0 Å². The number of carbonyl (C=O) groups excluding carboxylic acids is 1. The SMILES string of the molecule is CCOC(=O)Cc1cn(-c2ccc(Cl)cc2)c(Cc2ccc(F)cc2)n1. The van der Waals surface area contributed by atoms with Crippen molar-refractivity contribution < 1.29 is 13.9 Å². The van der Waals surface area contributed by atoms with Crippen molar-refractivity contribution in [2.45, 2.75) is 19.8 Å². The minimum atomic E-state index is -0.318. The van der Waals surface area contributed by atoms with Gasteiger partial charge in [-0.25, -0.2) is 9.37 Å². The third kappa shape index (κ3) is 4.49. The predicted octanol–water partition coefficient (Wildman–Crippen LogP) is 4.36. The molecule has 3 rings (SSSR count). The van der Waals surface area contributed by atoms with Gasteiger partial charge in [-0.2, -0.15) is 0 Å². The molecular formula is C20H18ClFN2O2. The number of benzene rings is 2. The first-order valence-corrected chi connectivity index (χ1v) is 8.66. The minimum absolute atomic E-state index is 0.102. The third-order valence-electron chi connectivity index (χ3n) is 3.84. The Kier molecular flexibility index (Phi) is 5.68. The Hall–Kier alpha value is -2.66. The molecule has 6 heteroatoms. The van der Waals surface area contributed by atoms with E-state index in [1.165, 1.54) is 12.1 Å². The number of halogens is 2. The van der Waals surface area contributed by atoms with E-state index in [0.29, 0.717) is 23.7 Å². The minimum Gasteiger partial charge on any atom is -0.466 e. The molecule has 0 fully saturated rings. The fourth-order valence-corrected chi connectivity index (χ4v) is 2.78. The number of esters is 1. The molecule has 1 heterocycles. The molecule has 0 N–H and O–H groups in total. The zero-order valence-electron chi connectivity index (χ0n) is 14.3. The van der Waals surface area contributed by atoms with Gasteiger partial charge in [0.1, 0.15) is 11.6 Å². The topological polar surface area (TPSA) is 44.1 Å². The van der Waals surface area contributed by atoms with Crippen LogP contribution in [-0.4, -0.2) is 22.1 Å². The van der Waals surface area contributed by atoms with Crippen LogP contribution in [0.25, 0.3) is 5.69 Å². The summed E-state index contributed by atoms with van der Waals surface area (Å²) >= 11 is 5.97. The van der Waals surface area contributed by atoms with E-state index in [-0.39, 0.29) is 18.2 Å². The summed E-state index contributed by atoms with van der Waals surface area (Å²) in [6.07, 6.45) is 2.43. The molecule has 0 amide bonds. The van der Waals surface area contributed by atoms with Crippen LogP contribution in [0.2, 0.25) is 5.02 Å². The Morgan fingerprint density at radius 2 is 1.85 bits per heavy atom. The third-order valence-corrected chi connectivity index (χ3v) is 4.09. The molecule has 0 spiro atoms. The number of aromatic nitrogens is 2. The van der Waals surface area contributed by atoms with Gasteiger partial charge in [-0.3, -0.25) is 4.79 Å². The van der Waals surface area contributed by atoms with E-state index in [4.69, 9.17) is 16.3 Å². The molecular weight excluding hydrogens is 355 g/mol. The molecule has 26 heavy (non-hydrogen) atoms. The summed E-state index contributed by atoms with van der Waals surface area (Å²) in [7, 11) is 0. The number of ether oxygens (including phenoxy) is 1. The number of hydrogen-bond acceptors (Lipinski definition) is 3. The van der Waals surface area contributed by atoms with Crippen LogP contribution in [0.15, 0.2) is 54.7 Å². The molecule has 0 aliphatic carbocycles. The maximum Gasteiger partial charge on any atom is 0.311 e. The summed E-state index contributed by atoms with van der Waals surface area (Å²) in [6, 6.07) is 13.6. The molecule has 4 nitrogen and oxygen atoms in total. The number of nitrogens with zero attached hydrogens (tertiary/aromatic N) is 2. The normalized spacial score (nSPS) is 10.7. The maximum absolute atomic E-state index is 13.1. The number of rotatable bonds is 6. The Bertz CT molecular complexity index is 889. The van der Waals surface area contributed by atoms with Crippen molar-refractivity contribution in [3.63, 3.8) is 0 Å². The first-order chi connectivity index (χ1) is 12.5. The largest absolute Gasteiger partial charge is 0.466 e. The Morgan fingerprint density at radius 1 is 1.15 bits per heavy atom. The number of carbonyl (C=O) groups is 1. The van der Waals surface area contributed by atoms with Crippen molar-refractivity contribution in [1.29, 1.82) is 0 Å². The van der Waals surface area contributed by atoms with Gasteiger partial charge in [0.2, 0.25) is 0 Å². The van der Waals surface area contributed by atoms with Gasteiger partial charge in [0.25, 0.3) is 0 Å². The summed E-state index contributed by atoms with van der Waals surface area (Å²) in [5.41, 5.74) is 2.43. The predicted molar refractivity (Wildman–Crippen MR) is 98.1 cm³/mol. The lowest BCUT2D eigenvalue weighted by Crippen LogP contribution is -2.07. The van der Waals surface area contributed by atoms with Gasteiger partial charge in [-0.15, -0.1) is 0 Å². The zero-order chi connectivity index (χ0) is 18.5. The standard InChI is InChI=1S/C20H18ClFN2O2/c1-2-26-20(25)12-17-13-24(18-9-5-15(21)6-10-18)19(23-17)11-14-3-7-16(22)8-4-14/h3-10,13H,2,11-12H2,1H3. The van der Waals surface area contributed by atoms with Gasteiger partial charge in [-0.1, -0.05) is 23.7 Å². The Morgan fingerprint density at radius 3 is 2.50 bits per heavy atom. The van der Waals surface area contributed by atoms with Gasteiger partial charge >= 0.3 is 5.97 Å². The van der Waals surface area contributed by atoms with E-state index >= 15 is 0 Å². The Balaban J connectivity index is 1.93. The summed E-state index contributed by atoms with van der Waals surface area (Å²) in [6.45, 7) is 2.10. The molecule has 0 atom stereocenters. The molecule has 0 saturated heterocycles. The van der Waals surface area contributed by atoms with Gasteiger partial charge in [0.05, 0.1) is 18.7 Å². The van der Waals surface area contributed by atoms with E-state index in [1.54, 1.807) is 31.2 Å². The number of imidazole rings is 1. The molecule has 3 aromatic rings. The summed E-state index contributed by atoms with van der Waals surface area (Å²) < 4.78 is 20.1.